The number of carbonyl (C=O) groups is 2. The van der Waals surface area contributed by atoms with Gasteiger partial charge in [0.25, 0.3) is 0 Å². The fourth-order valence-electron chi connectivity index (χ4n) is 3.26. The normalized spacial score (nSPS) is 17.2. The number of benzene rings is 2. The van der Waals surface area contributed by atoms with Gasteiger partial charge in [0.2, 0.25) is 11.8 Å². The second-order valence-corrected chi connectivity index (χ2v) is 6.99. The van der Waals surface area contributed by atoms with Gasteiger partial charge in [-0.2, -0.15) is 0 Å². The summed E-state index contributed by atoms with van der Waals surface area (Å²) in [6.45, 7) is 5.38. The molecule has 1 N–H and O–H groups in total. The lowest BCUT2D eigenvalue weighted by atomic mass is 10.0. The number of nitrogens with one attached hydrogen (secondary N) is 1. The van der Waals surface area contributed by atoms with Crippen LogP contribution in [-0.4, -0.2) is 29.8 Å². The summed E-state index contributed by atoms with van der Waals surface area (Å²) in [4.78, 5) is 26.6. The predicted molar refractivity (Wildman–Crippen MR) is 100 cm³/mol. The van der Waals surface area contributed by atoms with Crippen molar-refractivity contribution < 1.29 is 9.59 Å². The highest BCUT2D eigenvalue weighted by Gasteiger charge is 2.34. The van der Waals surface area contributed by atoms with Crippen molar-refractivity contribution in [3.63, 3.8) is 0 Å². The minimum Gasteiger partial charge on any atom is -0.342 e. The predicted octanol–water partition coefficient (Wildman–Crippen LogP) is 3.80. The van der Waals surface area contributed by atoms with Crippen molar-refractivity contribution in [2.45, 2.75) is 20.3 Å². The van der Waals surface area contributed by atoms with Crippen molar-refractivity contribution in [2.24, 2.45) is 11.8 Å². The molecule has 0 spiro atoms. The minimum atomic E-state index is -0.282. The van der Waals surface area contributed by atoms with E-state index in [9.17, 15) is 9.59 Å². The average Bonchev–Trinajstić information content (AvgIpc) is 2.96. The molecule has 0 radical (unpaired) electrons. The maximum absolute atomic E-state index is 12.7. The molecule has 4 heteroatoms. The summed E-state index contributed by atoms with van der Waals surface area (Å²) in [6, 6.07) is 17.7. The Balaban J connectivity index is 1.73. The Labute approximate surface area is 148 Å². The molecule has 1 heterocycles. The quantitative estimate of drug-likeness (QED) is 0.903. The standard InChI is InChI=1S/C21H24N2O2/c1-15(2)13-23-14-17(12-20(23)24)21(25)22-19-11-7-6-10-18(19)16-8-4-3-5-9-16/h3-11,15,17H,12-14H2,1-2H3,(H,22,25). The first-order chi connectivity index (χ1) is 12.0. The Morgan fingerprint density at radius 2 is 1.80 bits per heavy atom. The van der Waals surface area contributed by atoms with Gasteiger partial charge in [-0.25, -0.2) is 0 Å². The van der Waals surface area contributed by atoms with Crippen LogP contribution in [0.3, 0.4) is 0 Å². The molecule has 2 aromatic rings. The van der Waals surface area contributed by atoms with E-state index in [2.05, 4.69) is 19.2 Å². The van der Waals surface area contributed by atoms with Gasteiger partial charge in [-0.05, 0) is 17.5 Å². The maximum atomic E-state index is 12.7. The number of rotatable bonds is 5. The lowest BCUT2D eigenvalue weighted by Crippen LogP contribution is -2.31. The summed E-state index contributed by atoms with van der Waals surface area (Å²) in [5.41, 5.74) is 2.83. The molecule has 2 amide bonds. The van der Waals surface area contributed by atoms with E-state index >= 15 is 0 Å². The van der Waals surface area contributed by atoms with Crippen LogP contribution < -0.4 is 5.32 Å². The molecule has 25 heavy (non-hydrogen) atoms. The zero-order valence-electron chi connectivity index (χ0n) is 14.7. The van der Waals surface area contributed by atoms with Crippen LogP contribution in [0.1, 0.15) is 20.3 Å². The molecule has 4 nitrogen and oxygen atoms in total. The molecule has 1 unspecified atom stereocenters. The number of nitrogens with zero attached hydrogens (tertiary/aromatic N) is 1. The van der Waals surface area contributed by atoms with Crippen LogP contribution in [0.25, 0.3) is 11.1 Å². The Hall–Kier alpha value is -2.62. The van der Waals surface area contributed by atoms with E-state index in [1.807, 2.05) is 54.6 Å². The van der Waals surface area contributed by atoms with Crippen molar-refractivity contribution in [3.8, 4) is 11.1 Å². The topological polar surface area (TPSA) is 49.4 Å². The van der Waals surface area contributed by atoms with E-state index in [1.165, 1.54) is 0 Å². The van der Waals surface area contributed by atoms with Gasteiger partial charge in [0.1, 0.15) is 0 Å². The summed E-state index contributed by atoms with van der Waals surface area (Å²) in [6.07, 6.45) is 0.298. The Morgan fingerprint density at radius 3 is 2.52 bits per heavy atom. The molecule has 1 fully saturated rings. The van der Waals surface area contributed by atoms with Crippen LogP contribution in [0.5, 0.6) is 0 Å². The van der Waals surface area contributed by atoms with Crippen LogP contribution in [0.4, 0.5) is 5.69 Å². The molecule has 0 aliphatic carbocycles. The number of carbonyl (C=O) groups excluding carboxylic acids is 2. The zero-order chi connectivity index (χ0) is 17.8. The van der Waals surface area contributed by atoms with Crippen molar-refractivity contribution in [2.75, 3.05) is 18.4 Å². The van der Waals surface area contributed by atoms with Gasteiger partial charge in [-0.1, -0.05) is 62.4 Å². The largest absolute Gasteiger partial charge is 0.342 e. The SMILES string of the molecule is CC(C)CN1CC(C(=O)Nc2ccccc2-c2ccccc2)CC1=O. The van der Waals surface area contributed by atoms with Crippen LogP contribution in [0.15, 0.2) is 54.6 Å². The molecule has 3 rings (SSSR count). The van der Waals surface area contributed by atoms with Gasteiger partial charge < -0.3 is 10.2 Å². The molecule has 130 valence electrons. The van der Waals surface area contributed by atoms with Gasteiger partial charge >= 0.3 is 0 Å². The van der Waals surface area contributed by atoms with Crippen molar-refractivity contribution in [3.05, 3.63) is 54.6 Å². The second kappa shape index (κ2) is 7.51. The molecular formula is C21H24N2O2. The van der Waals surface area contributed by atoms with Crippen LogP contribution >= 0.6 is 0 Å². The van der Waals surface area contributed by atoms with Gasteiger partial charge in [0.05, 0.1) is 5.92 Å². The minimum absolute atomic E-state index is 0.0743. The maximum Gasteiger partial charge on any atom is 0.229 e. The monoisotopic (exact) mass is 336 g/mol. The summed E-state index contributed by atoms with van der Waals surface area (Å²) in [5.74, 6) is 0.118. The van der Waals surface area contributed by atoms with E-state index in [4.69, 9.17) is 0 Å². The van der Waals surface area contributed by atoms with Gasteiger partial charge in [0.15, 0.2) is 0 Å². The van der Waals surface area contributed by atoms with E-state index < -0.39 is 0 Å². The van der Waals surface area contributed by atoms with Crippen molar-refractivity contribution in [1.82, 2.24) is 4.90 Å². The third-order valence-corrected chi connectivity index (χ3v) is 4.44. The first-order valence-corrected chi connectivity index (χ1v) is 8.77. The van der Waals surface area contributed by atoms with E-state index in [0.29, 0.717) is 25.4 Å². The van der Waals surface area contributed by atoms with Crippen molar-refractivity contribution in [1.29, 1.82) is 0 Å². The lowest BCUT2D eigenvalue weighted by molar-refractivity contribution is -0.128. The molecule has 1 aliphatic heterocycles. The van der Waals surface area contributed by atoms with E-state index in [1.54, 1.807) is 4.90 Å². The van der Waals surface area contributed by atoms with Crippen molar-refractivity contribution >= 4 is 17.5 Å². The van der Waals surface area contributed by atoms with Gasteiger partial charge in [-0.15, -0.1) is 0 Å². The summed E-state index contributed by atoms with van der Waals surface area (Å²) in [7, 11) is 0. The smallest absolute Gasteiger partial charge is 0.229 e. The fraction of sp³-hybridized carbons (Fsp3) is 0.333. The third-order valence-electron chi connectivity index (χ3n) is 4.44. The highest BCUT2D eigenvalue weighted by atomic mass is 16.2. The Morgan fingerprint density at radius 1 is 1.12 bits per heavy atom. The zero-order valence-corrected chi connectivity index (χ0v) is 14.7. The average molecular weight is 336 g/mol. The van der Waals surface area contributed by atoms with Crippen LogP contribution in [0, 0.1) is 11.8 Å². The van der Waals surface area contributed by atoms with E-state index in [0.717, 1.165) is 16.8 Å². The number of anilines is 1. The highest BCUT2D eigenvalue weighted by Crippen LogP contribution is 2.29. The van der Waals surface area contributed by atoms with Crippen LogP contribution in [-0.2, 0) is 9.59 Å². The molecule has 0 bridgehead atoms. The number of hydrogen-bond donors (Lipinski definition) is 1. The summed E-state index contributed by atoms with van der Waals surface area (Å²) >= 11 is 0. The highest BCUT2D eigenvalue weighted by molar-refractivity contribution is 5.99. The Kier molecular flexibility index (Phi) is 5.17. The number of amides is 2. The molecular weight excluding hydrogens is 312 g/mol. The third kappa shape index (κ3) is 4.08. The van der Waals surface area contributed by atoms with Gasteiger partial charge in [0, 0.05) is 30.8 Å². The Bertz CT molecular complexity index is 756. The summed E-state index contributed by atoms with van der Waals surface area (Å²) < 4.78 is 0. The second-order valence-electron chi connectivity index (χ2n) is 6.99. The molecule has 0 saturated carbocycles. The molecule has 2 aromatic carbocycles. The fourth-order valence-corrected chi connectivity index (χ4v) is 3.26. The molecule has 1 atom stereocenters. The molecule has 0 aromatic heterocycles. The summed E-state index contributed by atoms with van der Waals surface area (Å²) in [5, 5.41) is 3.03. The van der Waals surface area contributed by atoms with Crippen LogP contribution in [0.2, 0.25) is 0 Å². The molecule has 1 saturated heterocycles. The van der Waals surface area contributed by atoms with E-state index in [-0.39, 0.29) is 17.7 Å². The number of likely N-dealkylation sites (tertiary alicyclic amines) is 1. The number of hydrogen-bond acceptors (Lipinski definition) is 2. The van der Waals surface area contributed by atoms with Gasteiger partial charge in [-0.3, -0.25) is 9.59 Å². The number of para-hydroxylation sites is 1. The lowest BCUT2D eigenvalue weighted by Gasteiger charge is -2.19. The molecule has 1 aliphatic rings. The first kappa shape index (κ1) is 17.2. The first-order valence-electron chi connectivity index (χ1n) is 8.77.